The predicted octanol–water partition coefficient (Wildman–Crippen LogP) is 5.02. The molecule has 1 amide bonds. The van der Waals surface area contributed by atoms with Crippen molar-refractivity contribution in [2.45, 2.75) is 6.92 Å². The van der Waals surface area contributed by atoms with Crippen LogP contribution in [0, 0.1) is 0 Å². The number of nitrogens with one attached hydrogen (secondary N) is 2. The Kier molecular flexibility index (Phi) is 5.33. The Balaban J connectivity index is 1.50. The van der Waals surface area contributed by atoms with Gasteiger partial charge in [-0.05, 0) is 43.3 Å². The van der Waals surface area contributed by atoms with Crippen LogP contribution >= 0.6 is 0 Å². The zero-order valence-electron chi connectivity index (χ0n) is 15.9. The summed E-state index contributed by atoms with van der Waals surface area (Å²) in [4.78, 5) is 21.4. The lowest BCUT2D eigenvalue weighted by atomic mass is 10.2. The molecule has 4 rings (SSSR count). The highest BCUT2D eigenvalue weighted by atomic mass is 16.5. The van der Waals surface area contributed by atoms with Gasteiger partial charge in [-0.1, -0.05) is 30.3 Å². The van der Waals surface area contributed by atoms with E-state index < -0.39 is 0 Å². The monoisotopic (exact) mass is 384 g/mol. The lowest BCUT2D eigenvalue weighted by molar-refractivity contribution is 0.102. The number of para-hydroxylation sites is 3. The number of benzene rings is 2. The van der Waals surface area contributed by atoms with Crippen molar-refractivity contribution < 1.29 is 9.53 Å². The van der Waals surface area contributed by atoms with Crippen LogP contribution in [0.1, 0.15) is 17.3 Å². The SMILES string of the molecule is CCOc1ccccc1Nc1ccc(C(=O)Nc2cccc3cccnc23)cn1. The fourth-order valence-corrected chi connectivity index (χ4v) is 2.99. The summed E-state index contributed by atoms with van der Waals surface area (Å²) in [6, 6.07) is 20.7. The van der Waals surface area contributed by atoms with E-state index in [1.165, 1.54) is 0 Å². The maximum absolute atomic E-state index is 12.6. The number of anilines is 3. The number of hydrogen-bond acceptors (Lipinski definition) is 5. The molecule has 0 saturated carbocycles. The average molecular weight is 384 g/mol. The van der Waals surface area contributed by atoms with Gasteiger partial charge in [-0.2, -0.15) is 0 Å². The van der Waals surface area contributed by atoms with E-state index >= 15 is 0 Å². The highest BCUT2D eigenvalue weighted by Crippen LogP contribution is 2.27. The molecule has 0 aliphatic heterocycles. The van der Waals surface area contributed by atoms with Crippen LogP contribution in [-0.4, -0.2) is 22.5 Å². The molecule has 2 heterocycles. The number of rotatable bonds is 6. The van der Waals surface area contributed by atoms with Gasteiger partial charge in [0.2, 0.25) is 0 Å². The topological polar surface area (TPSA) is 76.1 Å². The van der Waals surface area contributed by atoms with Crippen LogP contribution in [-0.2, 0) is 0 Å². The number of pyridine rings is 2. The van der Waals surface area contributed by atoms with Crippen LogP contribution in [0.5, 0.6) is 5.75 Å². The molecular formula is C23H20N4O2. The second kappa shape index (κ2) is 8.39. The van der Waals surface area contributed by atoms with E-state index in [1.807, 2.05) is 61.5 Å². The minimum absolute atomic E-state index is 0.239. The Bertz CT molecular complexity index is 1140. The minimum Gasteiger partial charge on any atom is -0.492 e. The molecule has 2 aromatic carbocycles. The lowest BCUT2D eigenvalue weighted by Gasteiger charge is -2.12. The first kappa shape index (κ1) is 18.4. The zero-order chi connectivity index (χ0) is 20.1. The number of hydrogen-bond donors (Lipinski definition) is 2. The van der Waals surface area contributed by atoms with Gasteiger partial charge < -0.3 is 15.4 Å². The Morgan fingerprint density at radius 3 is 2.59 bits per heavy atom. The molecule has 144 valence electrons. The molecule has 0 radical (unpaired) electrons. The summed E-state index contributed by atoms with van der Waals surface area (Å²) in [5.41, 5.74) is 2.70. The molecule has 2 N–H and O–H groups in total. The summed E-state index contributed by atoms with van der Waals surface area (Å²) in [5, 5.41) is 7.10. The summed E-state index contributed by atoms with van der Waals surface area (Å²) in [5.74, 6) is 1.14. The highest BCUT2D eigenvalue weighted by molar-refractivity contribution is 6.08. The summed E-state index contributed by atoms with van der Waals surface area (Å²) in [6.07, 6.45) is 3.25. The van der Waals surface area contributed by atoms with Crippen LogP contribution < -0.4 is 15.4 Å². The zero-order valence-corrected chi connectivity index (χ0v) is 15.9. The van der Waals surface area contributed by atoms with E-state index in [0.29, 0.717) is 23.7 Å². The third-order valence-electron chi connectivity index (χ3n) is 4.36. The number of nitrogens with zero attached hydrogens (tertiary/aromatic N) is 2. The number of ether oxygens (including phenoxy) is 1. The number of amides is 1. The average Bonchev–Trinajstić information content (AvgIpc) is 2.76. The van der Waals surface area contributed by atoms with Gasteiger partial charge >= 0.3 is 0 Å². The first-order chi connectivity index (χ1) is 14.2. The summed E-state index contributed by atoms with van der Waals surface area (Å²) in [7, 11) is 0. The van der Waals surface area contributed by atoms with E-state index in [9.17, 15) is 4.79 Å². The number of fused-ring (bicyclic) bond motifs is 1. The Labute approximate surface area is 168 Å². The van der Waals surface area contributed by atoms with E-state index in [2.05, 4.69) is 20.6 Å². The summed E-state index contributed by atoms with van der Waals surface area (Å²) < 4.78 is 5.61. The van der Waals surface area contributed by atoms with Crippen LogP contribution in [0.4, 0.5) is 17.2 Å². The van der Waals surface area contributed by atoms with Gasteiger partial charge in [-0.25, -0.2) is 4.98 Å². The van der Waals surface area contributed by atoms with Gasteiger partial charge in [0, 0.05) is 17.8 Å². The normalized spacial score (nSPS) is 10.5. The molecule has 0 aliphatic carbocycles. The van der Waals surface area contributed by atoms with E-state index in [0.717, 1.165) is 22.3 Å². The van der Waals surface area contributed by atoms with Gasteiger partial charge in [-0.15, -0.1) is 0 Å². The molecule has 0 fully saturated rings. The summed E-state index contributed by atoms with van der Waals surface area (Å²) >= 11 is 0. The molecule has 4 aromatic rings. The quantitative estimate of drug-likeness (QED) is 0.488. The standard InChI is InChI=1S/C23H20N4O2/c1-2-29-20-11-4-3-9-18(20)26-21-13-12-17(15-25-21)23(28)27-19-10-5-7-16-8-6-14-24-22(16)19/h3-15H,2H2,1H3,(H,25,26)(H,27,28). The van der Waals surface area contributed by atoms with Gasteiger partial charge in [0.1, 0.15) is 11.6 Å². The molecule has 6 nitrogen and oxygen atoms in total. The molecule has 0 aliphatic rings. The number of aromatic nitrogens is 2. The van der Waals surface area contributed by atoms with Crippen LogP contribution in [0.2, 0.25) is 0 Å². The van der Waals surface area contributed by atoms with Crippen molar-refractivity contribution in [1.29, 1.82) is 0 Å². The van der Waals surface area contributed by atoms with Gasteiger partial charge in [0.25, 0.3) is 5.91 Å². The minimum atomic E-state index is -0.239. The maximum Gasteiger partial charge on any atom is 0.257 e. The molecule has 0 bridgehead atoms. The third kappa shape index (κ3) is 4.16. The second-order valence-corrected chi connectivity index (χ2v) is 6.32. The van der Waals surface area contributed by atoms with Crippen molar-refractivity contribution in [3.05, 3.63) is 84.7 Å². The summed E-state index contributed by atoms with van der Waals surface area (Å²) in [6.45, 7) is 2.52. The fraction of sp³-hybridized carbons (Fsp3) is 0.0870. The van der Waals surface area contributed by atoms with Crippen LogP contribution in [0.25, 0.3) is 10.9 Å². The molecule has 2 aromatic heterocycles. The van der Waals surface area contributed by atoms with Crippen molar-refractivity contribution in [3.8, 4) is 5.75 Å². The Hall–Kier alpha value is -3.93. The largest absolute Gasteiger partial charge is 0.492 e. The molecular weight excluding hydrogens is 364 g/mol. The van der Waals surface area contributed by atoms with Gasteiger partial charge in [-0.3, -0.25) is 9.78 Å². The molecule has 0 atom stereocenters. The Morgan fingerprint density at radius 1 is 0.931 bits per heavy atom. The molecule has 6 heteroatoms. The molecule has 0 saturated heterocycles. The first-order valence-corrected chi connectivity index (χ1v) is 9.34. The lowest BCUT2D eigenvalue weighted by Crippen LogP contribution is -2.13. The highest BCUT2D eigenvalue weighted by Gasteiger charge is 2.10. The Morgan fingerprint density at radius 2 is 1.76 bits per heavy atom. The van der Waals surface area contributed by atoms with Gasteiger partial charge in [0.15, 0.2) is 0 Å². The van der Waals surface area contributed by atoms with Crippen molar-refractivity contribution in [2.24, 2.45) is 0 Å². The van der Waals surface area contributed by atoms with Gasteiger partial charge in [0.05, 0.1) is 29.1 Å². The van der Waals surface area contributed by atoms with Crippen molar-refractivity contribution >= 4 is 34.0 Å². The van der Waals surface area contributed by atoms with Crippen LogP contribution in [0.3, 0.4) is 0 Å². The number of carbonyl (C=O) groups is 1. The van der Waals surface area contributed by atoms with E-state index in [1.54, 1.807) is 24.5 Å². The van der Waals surface area contributed by atoms with Crippen molar-refractivity contribution in [1.82, 2.24) is 9.97 Å². The van der Waals surface area contributed by atoms with Crippen molar-refractivity contribution in [3.63, 3.8) is 0 Å². The van der Waals surface area contributed by atoms with Crippen molar-refractivity contribution in [2.75, 3.05) is 17.2 Å². The fourth-order valence-electron chi connectivity index (χ4n) is 2.99. The third-order valence-corrected chi connectivity index (χ3v) is 4.36. The van der Waals surface area contributed by atoms with Crippen LogP contribution in [0.15, 0.2) is 79.1 Å². The predicted molar refractivity (Wildman–Crippen MR) is 115 cm³/mol. The second-order valence-electron chi connectivity index (χ2n) is 6.32. The number of carbonyl (C=O) groups excluding carboxylic acids is 1. The molecule has 0 unspecified atom stereocenters. The first-order valence-electron chi connectivity index (χ1n) is 9.34. The van der Waals surface area contributed by atoms with E-state index in [-0.39, 0.29) is 5.91 Å². The smallest absolute Gasteiger partial charge is 0.257 e. The van der Waals surface area contributed by atoms with E-state index in [4.69, 9.17) is 4.74 Å². The molecule has 29 heavy (non-hydrogen) atoms. The maximum atomic E-state index is 12.6. The molecule has 0 spiro atoms.